The summed E-state index contributed by atoms with van der Waals surface area (Å²) >= 11 is 3.50. The highest BCUT2D eigenvalue weighted by Crippen LogP contribution is 2.32. The lowest BCUT2D eigenvalue weighted by molar-refractivity contribution is -0.134. The first-order valence-electron chi connectivity index (χ1n) is 6.27. The molecule has 0 saturated carbocycles. The van der Waals surface area contributed by atoms with Crippen LogP contribution in [0.15, 0.2) is 28.7 Å². The topological polar surface area (TPSA) is 20.3 Å². The van der Waals surface area contributed by atoms with Gasteiger partial charge >= 0.3 is 0 Å². The summed E-state index contributed by atoms with van der Waals surface area (Å²) in [5.74, 6) is 0.273. The van der Waals surface area contributed by atoms with Crippen molar-refractivity contribution in [2.24, 2.45) is 0 Å². The second-order valence-electron chi connectivity index (χ2n) is 4.51. The summed E-state index contributed by atoms with van der Waals surface area (Å²) in [5.41, 5.74) is 1.25. The number of likely N-dealkylation sites (tertiary alicyclic amines) is 1. The van der Waals surface area contributed by atoms with E-state index in [2.05, 4.69) is 28.1 Å². The Labute approximate surface area is 111 Å². The van der Waals surface area contributed by atoms with E-state index in [-0.39, 0.29) is 11.9 Å². The second-order valence-corrected chi connectivity index (χ2v) is 5.42. The van der Waals surface area contributed by atoms with Crippen LogP contribution in [-0.4, -0.2) is 17.4 Å². The molecule has 92 valence electrons. The van der Waals surface area contributed by atoms with Crippen LogP contribution in [0.1, 0.15) is 44.2 Å². The Morgan fingerprint density at radius 3 is 3.00 bits per heavy atom. The number of rotatable bonds is 2. The molecule has 1 unspecified atom stereocenters. The largest absolute Gasteiger partial charge is 0.336 e. The fraction of sp³-hybridized carbons (Fsp3) is 0.500. The molecule has 1 atom stereocenters. The molecule has 0 spiro atoms. The van der Waals surface area contributed by atoms with Crippen molar-refractivity contribution in [2.75, 3.05) is 6.54 Å². The summed E-state index contributed by atoms with van der Waals surface area (Å²) in [5, 5.41) is 0. The molecule has 1 saturated heterocycles. The molecule has 1 aliphatic rings. The highest BCUT2D eigenvalue weighted by Gasteiger charge is 2.26. The van der Waals surface area contributed by atoms with Crippen LogP contribution in [0.25, 0.3) is 0 Å². The Bertz CT molecular complexity index is 405. The average molecular weight is 296 g/mol. The molecular formula is C14H18BrNO. The summed E-state index contributed by atoms with van der Waals surface area (Å²) in [6, 6.07) is 8.59. The van der Waals surface area contributed by atoms with Crippen LogP contribution < -0.4 is 0 Å². The summed E-state index contributed by atoms with van der Waals surface area (Å²) in [6.07, 6.45) is 4.04. The van der Waals surface area contributed by atoms with E-state index >= 15 is 0 Å². The summed E-state index contributed by atoms with van der Waals surface area (Å²) in [6.45, 7) is 2.85. The van der Waals surface area contributed by atoms with Gasteiger partial charge in [0.25, 0.3) is 0 Å². The van der Waals surface area contributed by atoms with Gasteiger partial charge in [0.2, 0.25) is 5.91 Å². The first-order chi connectivity index (χ1) is 8.22. The molecule has 1 heterocycles. The normalized spacial score (nSPS) is 20.4. The molecule has 1 amide bonds. The van der Waals surface area contributed by atoms with Crippen LogP contribution in [0.3, 0.4) is 0 Å². The van der Waals surface area contributed by atoms with E-state index in [1.165, 1.54) is 12.0 Å². The number of carbonyl (C=O) groups is 1. The molecule has 0 bridgehead atoms. The standard InChI is InChI=1S/C14H18BrNO/c1-2-14(17)16-9-4-3-8-13(16)11-6-5-7-12(15)10-11/h5-7,10,13H,2-4,8-9H2,1H3. The van der Waals surface area contributed by atoms with E-state index in [1.807, 2.05) is 24.0 Å². The minimum atomic E-state index is 0.272. The third kappa shape index (κ3) is 2.89. The van der Waals surface area contributed by atoms with Gasteiger partial charge in [-0.1, -0.05) is 35.0 Å². The average Bonchev–Trinajstić information content (AvgIpc) is 2.38. The smallest absolute Gasteiger partial charge is 0.222 e. The van der Waals surface area contributed by atoms with Crippen molar-refractivity contribution < 1.29 is 4.79 Å². The Morgan fingerprint density at radius 1 is 1.47 bits per heavy atom. The van der Waals surface area contributed by atoms with Gasteiger partial charge in [0.05, 0.1) is 6.04 Å². The second kappa shape index (κ2) is 5.67. The molecule has 0 aromatic heterocycles. The van der Waals surface area contributed by atoms with Gasteiger partial charge in [-0.15, -0.1) is 0 Å². The summed E-state index contributed by atoms with van der Waals surface area (Å²) in [7, 11) is 0. The molecule has 1 fully saturated rings. The van der Waals surface area contributed by atoms with E-state index in [4.69, 9.17) is 0 Å². The molecule has 3 heteroatoms. The molecule has 0 radical (unpaired) electrons. The van der Waals surface area contributed by atoms with Gasteiger partial charge < -0.3 is 4.90 Å². The first kappa shape index (κ1) is 12.6. The quantitative estimate of drug-likeness (QED) is 0.810. The van der Waals surface area contributed by atoms with Crippen molar-refractivity contribution in [3.63, 3.8) is 0 Å². The Morgan fingerprint density at radius 2 is 2.29 bits per heavy atom. The number of hydrogen-bond donors (Lipinski definition) is 0. The molecule has 2 rings (SSSR count). The maximum Gasteiger partial charge on any atom is 0.222 e. The highest BCUT2D eigenvalue weighted by molar-refractivity contribution is 9.10. The van der Waals surface area contributed by atoms with Gasteiger partial charge in [-0.2, -0.15) is 0 Å². The minimum absolute atomic E-state index is 0.272. The summed E-state index contributed by atoms with van der Waals surface area (Å²) < 4.78 is 1.09. The fourth-order valence-corrected chi connectivity index (χ4v) is 2.91. The van der Waals surface area contributed by atoms with Crippen LogP contribution in [0.5, 0.6) is 0 Å². The third-order valence-electron chi connectivity index (χ3n) is 3.36. The maximum atomic E-state index is 11.9. The van der Waals surface area contributed by atoms with Crippen LogP contribution in [-0.2, 0) is 4.79 Å². The van der Waals surface area contributed by atoms with Gasteiger partial charge in [-0.25, -0.2) is 0 Å². The monoisotopic (exact) mass is 295 g/mol. The predicted octanol–water partition coefficient (Wildman–Crippen LogP) is 3.91. The van der Waals surface area contributed by atoms with E-state index in [0.29, 0.717) is 6.42 Å². The van der Waals surface area contributed by atoms with Crippen LogP contribution in [0.2, 0.25) is 0 Å². The Kier molecular flexibility index (Phi) is 4.21. The molecule has 0 N–H and O–H groups in total. The Balaban J connectivity index is 2.24. The molecule has 1 aromatic carbocycles. The molecule has 2 nitrogen and oxygen atoms in total. The number of hydrogen-bond acceptors (Lipinski definition) is 1. The van der Waals surface area contributed by atoms with E-state index in [9.17, 15) is 4.79 Å². The van der Waals surface area contributed by atoms with Gasteiger partial charge in [-0.3, -0.25) is 4.79 Å². The lowest BCUT2D eigenvalue weighted by Crippen LogP contribution is -2.38. The number of halogens is 1. The van der Waals surface area contributed by atoms with E-state index in [0.717, 1.165) is 23.9 Å². The molecular weight excluding hydrogens is 278 g/mol. The number of amides is 1. The Hall–Kier alpha value is -0.830. The highest BCUT2D eigenvalue weighted by atomic mass is 79.9. The zero-order valence-corrected chi connectivity index (χ0v) is 11.7. The van der Waals surface area contributed by atoms with Crippen molar-refractivity contribution >= 4 is 21.8 Å². The van der Waals surface area contributed by atoms with Crippen molar-refractivity contribution in [3.05, 3.63) is 34.3 Å². The van der Waals surface area contributed by atoms with E-state index in [1.54, 1.807) is 0 Å². The lowest BCUT2D eigenvalue weighted by Gasteiger charge is -2.36. The van der Waals surface area contributed by atoms with Crippen LogP contribution in [0, 0.1) is 0 Å². The molecule has 17 heavy (non-hydrogen) atoms. The SMILES string of the molecule is CCC(=O)N1CCCCC1c1cccc(Br)c1. The molecule has 0 aliphatic carbocycles. The van der Waals surface area contributed by atoms with Gasteiger partial charge in [0.1, 0.15) is 0 Å². The zero-order valence-electron chi connectivity index (χ0n) is 10.2. The first-order valence-corrected chi connectivity index (χ1v) is 7.06. The van der Waals surface area contributed by atoms with Crippen molar-refractivity contribution in [2.45, 2.75) is 38.6 Å². The number of piperidine rings is 1. The van der Waals surface area contributed by atoms with E-state index < -0.39 is 0 Å². The number of nitrogens with zero attached hydrogens (tertiary/aromatic N) is 1. The zero-order chi connectivity index (χ0) is 12.3. The van der Waals surface area contributed by atoms with Crippen molar-refractivity contribution in [1.29, 1.82) is 0 Å². The van der Waals surface area contributed by atoms with Crippen LogP contribution >= 0.6 is 15.9 Å². The summed E-state index contributed by atoms with van der Waals surface area (Å²) in [4.78, 5) is 14.0. The fourth-order valence-electron chi connectivity index (χ4n) is 2.49. The molecule has 1 aromatic rings. The number of carbonyl (C=O) groups excluding carboxylic acids is 1. The van der Waals surface area contributed by atoms with Gasteiger partial charge in [0.15, 0.2) is 0 Å². The minimum Gasteiger partial charge on any atom is -0.336 e. The third-order valence-corrected chi connectivity index (χ3v) is 3.85. The van der Waals surface area contributed by atoms with Crippen molar-refractivity contribution in [3.8, 4) is 0 Å². The van der Waals surface area contributed by atoms with Gasteiger partial charge in [-0.05, 0) is 37.0 Å². The van der Waals surface area contributed by atoms with Crippen LogP contribution in [0.4, 0.5) is 0 Å². The maximum absolute atomic E-state index is 11.9. The van der Waals surface area contributed by atoms with Gasteiger partial charge in [0, 0.05) is 17.4 Å². The van der Waals surface area contributed by atoms with Crippen molar-refractivity contribution in [1.82, 2.24) is 4.90 Å². The predicted molar refractivity (Wildman–Crippen MR) is 72.7 cm³/mol. The molecule has 1 aliphatic heterocycles. The lowest BCUT2D eigenvalue weighted by atomic mass is 9.95. The number of benzene rings is 1.